The van der Waals surface area contributed by atoms with Crippen LogP contribution in [0.1, 0.15) is 96.8 Å². The van der Waals surface area contributed by atoms with Crippen LogP contribution >= 0.6 is 15.6 Å². The van der Waals surface area contributed by atoms with Crippen LogP contribution in [0.25, 0.3) is 0 Å². The molecule has 0 aliphatic carbocycles. The van der Waals surface area contributed by atoms with Crippen LogP contribution in [0.2, 0.25) is 0 Å². The van der Waals surface area contributed by atoms with Gasteiger partial charge in [0.2, 0.25) is 0 Å². The monoisotopic (exact) mass is 444 g/mol. The maximum Gasteiger partial charge on any atom is 0.481 e. The molecule has 0 radical (unpaired) electrons. The van der Waals surface area contributed by atoms with Crippen molar-refractivity contribution in [3.63, 3.8) is 0 Å². The second-order valence-electron chi connectivity index (χ2n) is 7.69. The zero-order chi connectivity index (χ0) is 20.9. The summed E-state index contributed by atoms with van der Waals surface area (Å²) < 4.78 is 35.5. The van der Waals surface area contributed by atoms with E-state index in [1.54, 1.807) is 0 Å². The van der Waals surface area contributed by atoms with Crippen molar-refractivity contribution in [3.05, 3.63) is 0 Å². The van der Waals surface area contributed by atoms with Crippen LogP contribution in [-0.4, -0.2) is 33.5 Å². The van der Waals surface area contributed by atoms with Gasteiger partial charge in [0.1, 0.15) is 0 Å². The molecule has 2 atom stereocenters. The molecule has 1 aliphatic heterocycles. The van der Waals surface area contributed by atoms with Gasteiger partial charge < -0.3 is 19.4 Å². The van der Waals surface area contributed by atoms with Gasteiger partial charge in [0.05, 0.1) is 18.8 Å². The zero-order valence-electron chi connectivity index (χ0n) is 17.1. The molecule has 0 amide bonds. The topological polar surface area (TPSA) is 126 Å². The lowest BCUT2D eigenvalue weighted by atomic mass is 9.98. The van der Waals surface area contributed by atoms with Crippen molar-refractivity contribution < 1.29 is 37.4 Å². The van der Waals surface area contributed by atoms with E-state index in [1.165, 1.54) is 57.8 Å². The molecule has 1 aliphatic rings. The van der Waals surface area contributed by atoms with Gasteiger partial charge in [-0.15, -0.1) is 0 Å². The molecule has 8 nitrogen and oxygen atoms in total. The second-order valence-corrected chi connectivity index (χ2v) is 10.5. The molecular formula is C18H38O8P2. The number of ether oxygens (including phenoxy) is 1. The number of unbranched alkanes of at least 4 members (excludes halogenated alkanes) is 11. The maximum absolute atomic E-state index is 11.2. The van der Waals surface area contributed by atoms with Gasteiger partial charge in [0.15, 0.2) is 0 Å². The van der Waals surface area contributed by atoms with Crippen molar-refractivity contribution in [2.75, 3.05) is 13.2 Å². The Morgan fingerprint density at radius 1 is 0.821 bits per heavy atom. The van der Waals surface area contributed by atoms with E-state index in [4.69, 9.17) is 19.4 Å². The van der Waals surface area contributed by atoms with Gasteiger partial charge in [-0.25, -0.2) is 9.13 Å². The molecule has 3 N–H and O–H groups in total. The summed E-state index contributed by atoms with van der Waals surface area (Å²) in [4.78, 5) is 26.1. The highest BCUT2D eigenvalue weighted by atomic mass is 31.3. The van der Waals surface area contributed by atoms with Gasteiger partial charge >= 0.3 is 15.6 Å². The fraction of sp³-hybridized carbons (Fsp3) is 1.00. The zero-order valence-corrected chi connectivity index (χ0v) is 18.9. The molecule has 10 heteroatoms. The van der Waals surface area contributed by atoms with Crippen LogP contribution < -0.4 is 0 Å². The minimum Gasteiger partial charge on any atom is -0.370 e. The summed E-state index contributed by atoms with van der Waals surface area (Å²) in [7, 11) is -9.70. The smallest absolute Gasteiger partial charge is 0.370 e. The van der Waals surface area contributed by atoms with Gasteiger partial charge in [-0.3, -0.25) is 4.52 Å². The molecule has 168 valence electrons. The predicted molar refractivity (Wildman–Crippen MR) is 108 cm³/mol. The molecule has 1 fully saturated rings. The molecule has 0 spiro atoms. The molecule has 1 saturated heterocycles. The van der Waals surface area contributed by atoms with E-state index in [0.29, 0.717) is 6.42 Å². The highest BCUT2D eigenvalue weighted by Crippen LogP contribution is 2.57. The number of hydrogen-bond acceptors (Lipinski definition) is 5. The van der Waals surface area contributed by atoms with Gasteiger partial charge in [0.25, 0.3) is 0 Å². The highest BCUT2D eigenvalue weighted by molar-refractivity contribution is 7.60. The SMILES string of the molecule is CCC1(CCCCCCCCCCCCCCOP(=O)(O)OP(=O)(O)O)CO1. The van der Waals surface area contributed by atoms with Crippen LogP contribution in [0.5, 0.6) is 0 Å². The quantitative estimate of drug-likeness (QED) is 0.136. The summed E-state index contributed by atoms with van der Waals surface area (Å²) in [5.41, 5.74) is 0.251. The highest BCUT2D eigenvalue weighted by Gasteiger charge is 2.41. The number of rotatable bonds is 19. The van der Waals surface area contributed by atoms with Crippen molar-refractivity contribution in [3.8, 4) is 0 Å². The Hall–Kier alpha value is 0.220. The van der Waals surface area contributed by atoms with Crippen molar-refractivity contribution in [2.45, 2.75) is 102 Å². The molecule has 0 aromatic carbocycles. The summed E-state index contributed by atoms with van der Waals surface area (Å²) >= 11 is 0. The Bertz CT molecular complexity index is 504. The summed E-state index contributed by atoms with van der Waals surface area (Å²) in [6.07, 6.45) is 16.1. The standard InChI is InChI=1S/C18H38O8P2/c1-2-18(17-24-18)15-13-11-9-7-5-3-4-6-8-10-12-14-16-25-28(22,23)26-27(19,20)21/h2-17H2,1H3,(H,22,23)(H2,19,20,21). The Labute approximate surface area is 169 Å². The summed E-state index contributed by atoms with van der Waals surface area (Å²) in [5.74, 6) is 0. The average molecular weight is 444 g/mol. The Morgan fingerprint density at radius 2 is 1.25 bits per heavy atom. The first kappa shape index (κ1) is 26.3. The van der Waals surface area contributed by atoms with E-state index in [9.17, 15) is 9.13 Å². The van der Waals surface area contributed by atoms with Crippen LogP contribution in [0.4, 0.5) is 0 Å². The minimum atomic E-state index is -5.02. The third-order valence-corrected chi connectivity index (χ3v) is 7.37. The molecule has 1 rings (SSSR count). The van der Waals surface area contributed by atoms with E-state index in [2.05, 4.69) is 15.8 Å². The molecule has 0 aromatic rings. The van der Waals surface area contributed by atoms with Crippen molar-refractivity contribution in [1.82, 2.24) is 0 Å². The second kappa shape index (κ2) is 13.5. The maximum atomic E-state index is 11.2. The van der Waals surface area contributed by atoms with E-state index in [-0.39, 0.29) is 12.2 Å². The van der Waals surface area contributed by atoms with Crippen molar-refractivity contribution in [1.29, 1.82) is 0 Å². The van der Waals surface area contributed by atoms with Crippen LogP contribution in [0, 0.1) is 0 Å². The lowest BCUT2D eigenvalue weighted by Crippen LogP contribution is -2.08. The fourth-order valence-corrected chi connectivity index (χ4v) is 4.91. The van der Waals surface area contributed by atoms with Gasteiger partial charge in [-0.2, -0.15) is 4.31 Å². The van der Waals surface area contributed by atoms with E-state index < -0.39 is 15.6 Å². The summed E-state index contributed by atoms with van der Waals surface area (Å²) in [5, 5.41) is 0. The predicted octanol–water partition coefficient (Wildman–Crippen LogP) is 5.46. The normalized spacial score (nSPS) is 21.6. The first-order valence-electron chi connectivity index (χ1n) is 10.6. The lowest BCUT2D eigenvalue weighted by molar-refractivity contribution is 0.175. The van der Waals surface area contributed by atoms with Gasteiger partial charge in [-0.05, 0) is 19.3 Å². The Balaban J connectivity index is 1.78. The van der Waals surface area contributed by atoms with Gasteiger partial charge in [0, 0.05) is 0 Å². The summed E-state index contributed by atoms with van der Waals surface area (Å²) in [6, 6.07) is 0. The molecule has 0 bridgehead atoms. The fourth-order valence-electron chi connectivity index (χ4n) is 3.28. The van der Waals surface area contributed by atoms with E-state index >= 15 is 0 Å². The largest absolute Gasteiger partial charge is 0.481 e. The van der Waals surface area contributed by atoms with E-state index in [0.717, 1.165) is 32.3 Å². The van der Waals surface area contributed by atoms with Crippen LogP contribution in [0.15, 0.2) is 0 Å². The Morgan fingerprint density at radius 3 is 1.64 bits per heavy atom. The van der Waals surface area contributed by atoms with Crippen LogP contribution in [-0.2, 0) is 22.7 Å². The first-order chi connectivity index (χ1) is 13.2. The molecule has 2 unspecified atom stereocenters. The number of phosphoric ester groups is 1. The van der Waals surface area contributed by atoms with Gasteiger partial charge in [-0.1, -0.05) is 77.6 Å². The van der Waals surface area contributed by atoms with Crippen molar-refractivity contribution in [2.24, 2.45) is 0 Å². The molecule has 0 saturated carbocycles. The molecular weight excluding hydrogens is 406 g/mol. The Kier molecular flexibility index (Phi) is 12.7. The first-order valence-corrected chi connectivity index (χ1v) is 13.6. The number of phosphoric acid groups is 2. The average Bonchev–Trinajstić information content (AvgIpc) is 3.36. The summed E-state index contributed by atoms with van der Waals surface area (Å²) in [6.45, 7) is 3.11. The third-order valence-electron chi connectivity index (χ3n) is 5.19. The van der Waals surface area contributed by atoms with E-state index in [1.807, 2.05) is 0 Å². The molecule has 0 aromatic heterocycles. The third kappa shape index (κ3) is 14.2. The molecule has 1 heterocycles. The number of hydrogen-bond donors (Lipinski definition) is 3. The molecule has 28 heavy (non-hydrogen) atoms. The van der Waals surface area contributed by atoms with Crippen LogP contribution in [0.3, 0.4) is 0 Å². The number of epoxide rings is 1. The lowest BCUT2D eigenvalue weighted by Gasteiger charge is -2.12. The minimum absolute atomic E-state index is 0.0563. The van der Waals surface area contributed by atoms with Crippen molar-refractivity contribution >= 4 is 15.6 Å².